The molecule has 5 rings (SSSR count). The number of nitrogens with zero attached hydrogens (tertiary/aromatic N) is 10. The molecule has 16 N–H and O–H groups in total. The summed E-state index contributed by atoms with van der Waals surface area (Å²) in [6, 6.07) is 5.41. The smallest absolute Gasteiger partial charge is 0.475 e. The lowest BCUT2D eigenvalue weighted by Gasteiger charge is -2.24. The molecule has 0 spiro atoms. The Morgan fingerprint density at radius 1 is 0.641 bits per heavy atom. The normalized spacial score (nSPS) is 15.9. The van der Waals surface area contributed by atoms with Crippen LogP contribution < -0.4 is 54.0 Å². The lowest BCUT2D eigenvalue weighted by Crippen LogP contribution is -2.44. The van der Waals surface area contributed by atoms with Crippen LogP contribution in [0.15, 0.2) is 34.3 Å². The number of carboxylic acid groups (broad SMARTS) is 2. The van der Waals surface area contributed by atoms with Crippen molar-refractivity contribution in [3.63, 3.8) is 0 Å². The van der Waals surface area contributed by atoms with Gasteiger partial charge in [0.05, 0.1) is 0 Å². The maximum atomic E-state index is 12.6. The van der Waals surface area contributed by atoms with Gasteiger partial charge < -0.3 is 43.8 Å². The van der Waals surface area contributed by atoms with Gasteiger partial charge in [-0.1, -0.05) is 27.7 Å². The molecule has 32 heteroatoms. The fourth-order valence-corrected chi connectivity index (χ4v) is 5.12. The van der Waals surface area contributed by atoms with E-state index in [2.05, 4.69) is 61.2 Å². The predicted octanol–water partition coefficient (Wildman–Crippen LogP) is 1.57. The van der Waals surface area contributed by atoms with Gasteiger partial charge in [0.1, 0.15) is 12.1 Å². The van der Waals surface area contributed by atoms with Crippen molar-refractivity contribution in [2.45, 2.75) is 65.0 Å². The minimum Gasteiger partial charge on any atom is -0.475 e. The van der Waals surface area contributed by atoms with Gasteiger partial charge in [-0.2, -0.15) is 66.2 Å². The number of hydrogen-bond donors (Lipinski definition) is 12. The highest BCUT2D eigenvalue weighted by atomic mass is 19.4. The van der Waals surface area contributed by atoms with Crippen LogP contribution in [-0.2, 0) is 19.2 Å². The number of aromatic nitrogens is 6. The topological polar surface area (TPSA) is 417 Å². The summed E-state index contributed by atoms with van der Waals surface area (Å²) in [5.41, 5.74) is 24.3. The monoisotopic (exact) mass is 914 g/mol. The van der Waals surface area contributed by atoms with Gasteiger partial charge in [0, 0.05) is 11.4 Å². The van der Waals surface area contributed by atoms with Crippen molar-refractivity contribution >= 4 is 94.7 Å². The Morgan fingerprint density at radius 2 is 0.922 bits per heavy atom. The Labute approximate surface area is 356 Å². The van der Waals surface area contributed by atoms with Crippen LogP contribution in [0.2, 0.25) is 0 Å². The van der Waals surface area contributed by atoms with E-state index < -0.39 is 60.1 Å². The third-order valence-electron chi connectivity index (χ3n) is 7.58. The molecule has 2 aliphatic heterocycles. The third kappa shape index (κ3) is 14.5. The van der Waals surface area contributed by atoms with Crippen LogP contribution in [0.1, 0.15) is 40.5 Å². The van der Waals surface area contributed by atoms with Gasteiger partial charge in [-0.15, -0.1) is 0 Å². The molecule has 0 bridgehead atoms. The maximum Gasteiger partial charge on any atom is 0.490 e. The predicted molar refractivity (Wildman–Crippen MR) is 216 cm³/mol. The Balaban J connectivity index is 0.000000671. The maximum absolute atomic E-state index is 12.6. The van der Waals surface area contributed by atoms with Crippen molar-refractivity contribution in [2.24, 2.45) is 44.8 Å². The number of hydrogen-bond acceptors (Lipinski definition) is 18. The van der Waals surface area contributed by atoms with E-state index in [1.165, 1.54) is 9.80 Å². The van der Waals surface area contributed by atoms with E-state index >= 15 is 0 Å². The number of nitrogens with one attached hydrogen (secondary N) is 6. The van der Waals surface area contributed by atoms with Crippen LogP contribution >= 0.6 is 0 Å². The van der Waals surface area contributed by atoms with Crippen LogP contribution in [0.25, 0.3) is 0 Å². The molecule has 64 heavy (non-hydrogen) atoms. The van der Waals surface area contributed by atoms with Gasteiger partial charge in [0.15, 0.2) is 11.9 Å². The van der Waals surface area contributed by atoms with Crippen molar-refractivity contribution < 1.29 is 55.7 Å². The van der Waals surface area contributed by atoms with Crippen molar-refractivity contribution in [1.29, 1.82) is 10.8 Å². The van der Waals surface area contributed by atoms with Gasteiger partial charge in [-0.25, -0.2) is 9.59 Å². The highest BCUT2D eigenvalue weighted by molar-refractivity contribution is 6.13. The van der Waals surface area contributed by atoms with Crippen LogP contribution in [0, 0.1) is 22.7 Å². The average molecular weight is 915 g/mol. The highest BCUT2D eigenvalue weighted by Gasteiger charge is 2.40. The number of anilines is 8. The van der Waals surface area contributed by atoms with E-state index in [4.69, 9.17) is 53.6 Å². The van der Waals surface area contributed by atoms with Gasteiger partial charge >= 0.3 is 24.3 Å². The Bertz CT molecular complexity index is 2150. The summed E-state index contributed by atoms with van der Waals surface area (Å²) in [4.78, 5) is 79.8. The number of halogens is 6. The summed E-state index contributed by atoms with van der Waals surface area (Å²) in [6.45, 7) is 7.86. The van der Waals surface area contributed by atoms with E-state index in [1.54, 1.807) is 24.3 Å². The molecule has 2 unspecified atom stereocenters. The number of amides is 2. The first-order chi connectivity index (χ1) is 29.5. The molecule has 0 radical (unpaired) electrons. The summed E-state index contributed by atoms with van der Waals surface area (Å²) in [5.74, 6) is -6.91. The number of carboxylic acids is 2. The summed E-state index contributed by atoms with van der Waals surface area (Å²) in [7, 11) is 0. The number of aliphatic carboxylic acids is 2. The zero-order chi connectivity index (χ0) is 48.4. The fourth-order valence-electron chi connectivity index (χ4n) is 5.12. The number of nitrogens with two attached hydrogens (primary N) is 4. The second kappa shape index (κ2) is 20.6. The molecule has 2 atom stereocenters. The molecule has 0 saturated heterocycles. The van der Waals surface area contributed by atoms with Crippen LogP contribution in [0.4, 0.5) is 73.4 Å². The highest BCUT2D eigenvalue weighted by Crippen LogP contribution is 2.28. The molecular weight excluding hydrogens is 874 g/mol. The molecule has 346 valence electrons. The first-order valence-electron chi connectivity index (χ1n) is 17.9. The molecule has 26 nitrogen and oxygen atoms in total. The second-order valence-electron chi connectivity index (χ2n) is 13.7. The van der Waals surface area contributed by atoms with Gasteiger partial charge in [0.25, 0.3) is 11.8 Å². The summed E-state index contributed by atoms with van der Waals surface area (Å²) < 4.78 is 63.5. The van der Waals surface area contributed by atoms with E-state index in [-0.39, 0.29) is 59.4 Å². The van der Waals surface area contributed by atoms with E-state index in [1.807, 2.05) is 27.7 Å². The van der Waals surface area contributed by atoms with E-state index in [0.717, 1.165) is 0 Å². The van der Waals surface area contributed by atoms with Crippen molar-refractivity contribution in [1.82, 2.24) is 29.9 Å². The molecule has 1 aromatic carbocycles. The third-order valence-corrected chi connectivity index (χ3v) is 7.58. The zero-order valence-electron chi connectivity index (χ0n) is 33.6. The van der Waals surface area contributed by atoms with E-state index in [9.17, 15) is 35.9 Å². The zero-order valence-corrected chi connectivity index (χ0v) is 33.6. The molecule has 0 aliphatic carbocycles. The lowest BCUT2D eigenvalue weighted by atomic mass is 10.0. The number of benzene rings is 1. The van der Waals surface area contributed by atoms with Crippen molar-refractivity contribution in [3.8, 4) is 0 Å². The summed E-state index contributed by atoms with van der Waals surface area (Å²) in [5, 5.41) is 40.8. The van der Waals surface area contributed by atoms with Gasteiger partial charge in [-0.05, 0) is 48.9 Å². The summed E-state index contributed by atoms with van der Waals surface area (Å²) in [6.07, 6.45) is -9.27. The van der Waals surface area contributed by atoms with Crippen LogP contribution in [-0.4, -0.2) is 112 Å². The fraction of sp³-hybridized carbons (Fsp3) is 0.375. The molecule has 0 fully saturated rings. The van der Waals surface area contributed by atoms with Gasteiger partial charge in [0.2, 0.25) is 47.6 Å². The average Bonchev–Trinajstić information content (AvgIpc) is 3.58. The molecular formula is C32H40F6N20O6. The van der Waals surface area contributed by atoms with Crippen molar-refractivity contribution in [2.75, 3.05) is 31.1 Å². The quantitative estimate of drug-likeness (QED) is 0.0697. The molecule has 0 saturated carbocycles. The molecule has 3 aromatic rings. The van der Waals surface area contributed by atoms with Crippen LogP contribution in [0.5, 0.6) is 0 Å². The standard InChI is InChI=1S/C28H38N20O2.2C2HF3O2/c1-11(2)9-15-17(49)37-21(33)47(15)27-43-23(41-25(45-27)39-19(29)30)35-13-5-7-14(8-6-13)36-24-42-26(40-20(31)32)46-28(44-24)48-16(10-12(3)4)18(50)38-22(48)34;2*3-2(4,5)1(6)7/h5-8,11-12,15-16H,9-10H2,1-4H3,(H2,33,37,49)(H2,34,38,50)(H5,29,30,35,39,41,43,45)(H5,31,32,36,40,42,44,46);2*(H,6,7). The Kier molecular flexibility index (Phi) is 16.1. The minimum atomic E-state index is -5.08. The number of carbonyl (C=O) groups is 4. The summed E-state index contributed by atoms with van der Waals surface area (Å²) >= 11 is 0. The Hall–Kier alpha value is -8.22. The number of guanidine groups is 4. The largest absolute Gasteiger partial charge is 0.490 e. The number of rotatable bonds is 12. The SMILES string of the molecule is CC(C)CC1C(=O)N=C(N)N1c1nc(NC(=N)N)nc(Nc2ccc(Nc3nc(NC(=N)N)nc(N4C(N)=NC(=O)C4CC(C)C)n3)cc2)n1.O=C(O)C(F)(F)F.O=C(O)C(F)(F)F. The number of aliphatic imine (C=N–C) groups is 2. The number of alkyl halides is 6. The Morgan fingerprint density at radius 3 is 1.17 bits per heavy atom. The lowest BCUT2D eigenvalue weighted by molar-refractivity contribution is -0.193. The first kappa shape index (κ1) is 50.1. The number of carbonyl (C=O) groups excluding carboxylic acids is 2. The van der Waals surface area contributed by atoms with E-state index in [0.29, 0.717) is 24.2 Å². The molecule has 2 aromatic heterocycles. The van der Waals surface area contributed by atoms with Crippen molar-refractivity contribution in [3.05, 3.63) is 24.3 Å². The minimum absolute atomic E-state index is 0.0314. The second-order valence-corrected chi connectivity index (χ2v) is 13.7. The van der Waals surface area contributed by atoms with Crippen LogP contribution in [0.3, 0.4) is 0 Å². The molecule has 4 heterocycles. The van der Waals surface area contributed by atoms with Gasteiger partial charge in [-0.3, -0.25) is 40.8 Å². The molecule has 2 aliphatic rings. The first-order valence-corrected chi connectivity index (χ1v) is 17.9. The molecule has 2 amide bonds.